The fourth-order valence-corrected chi connectivity index (χ4v) is 1.46. The lowest BCUT2D eigenvalue weighted by Gasteiger charge is -2.07. The largest absolute Gasteiger partial charge is 0.382 e. The number of nitrogens with zero attached hydrogens (tertiary/aromatic N) is 2. The van der Waals surface area contributed by atoms with Crippen molar-refractivity contribution in [1.29, 1.82) is 0 Å². The number of hydrogen-bond donors (Lipinski definition) is 3. The quantitative estimate of drug-likeness (QED) is 0.553. The van der Waals surface area contributed by atoms with E-state index in [0.29, 0.717) is 25.3 Å². The Labute approximate surface area is 112 Å². The van der Waals surface area contributed by atoms with Gasteiger partial charge in [-0.25, -0.2) is 4.68 Å². The molecule has 0 unspecified atom stereocenters. The van der Waals surface area contributed by atoms with Crippen LogP contribution < -0.4 is 21.9 Å². The van der Waals surface area contributed by atoms with Crippen molar-refractivity contribution in [1.82, 2.24) is 15.1 Å². The minimum absolute atomic E-state index is 0.0558. The third kappa shape index (κ3) is 5.52. The van der Waals surface area contributed by atoms with Crippen LogP contribution in [0.5, 0.6) is 0 Å². The Morgan fingerprint density at radius 2 is 2.26 bits per heavy atom. The molecule has 0 aliphatic rings. The van der Waals surface area contributed by atoms with Gasteiger partial charge in [-0.3, -0.25) is 9.59 Å². The Morgan fingerprint density at radius 3 is 2.89 bits per heavy atom. The summed E-state index contributed by atoms with van der Waals surface area (Å²) in [6.07, 6.45) is 3.45. The summed E-state index contributed by atoms with van der Waals surface area (Å²) in [6, 6.07) is 1.40. The number of amides is 1. The highest BCUT2D eigenvalue weighted by Gasteiger charge is 2.05. The molecule has 1 aromatic heterocycles. The molecule has 7 heteroatoms. The summed E-state index contributed by atoms with van der Waals surface area (Å²) in [5, 5.41) is 9.63. The van der Waals surface area contributed by atoms with E-state index in [1.165, 1.54) is 12.3 Å². The van der Waals surface area contributed by atoms with Gasteiger partial charge in [-0.2, -0.15) is 5.10 Å². The fourth-order valence-electron chi connectivity index (χ4n) is 1.46. The van der Waals surface area contributed by atoms with Gasteiger partial charge in [0.25, 0.3) is 5.56 Å². The molecule has 1 rings (SSSR count). The van der Waals surface area contributed by atoms with Crippen molar-refractivity contribution in [2.75, 3.05) is 25.0 Å². The third-order valence-electron chi connectivity index (χ3n) is 2.49. The SMILES string of the molecule is CCCCNC(=O)Cn1ncc(NCCN)cc1=O. The Hall–Kier alpha value is -1.89. The fraction of sp³-hybridized carbons (Fsp3) is 0.583. The van der Waals surface area contributed by atoms with Crippen molar-refractivity contribution in [2.45, 2.75) is 26.3 Å². The summed E-state index contributed by atoms with van der Waals surface area (Å²) in [4.78, 5) is 23.3. The Kier molecular flexibility index (Phi) is 6.59. The normalized spacial score (nSPS) is 10.2. The van der Waals surface area contributed by atoms with E-state index in [1.807, 2.05) is 6.92 Å². The van der Waals surface area contributed by atoms with Gasteiger partial charge in [-0.15, -0.1) is 0 Å². The van der Waals surface area contributed by atoms with Crippen LogP contribution in [0.3, 0.4) is 0 Å². The number of nitrogens with two attached hydrogens (primary N) is 1. The van der Waals surface area contributed by atoms with E-state index in [9.17, 15) is 9.59 Å². The molecule has 0 saturated carbocycles. The number of anilines is 1. The maximum Gasteiger partial charge on any atom is 0.269 e. The standard InChI is InChI=1S/C12H21N5O2/c1-2-3-5-15-11(18)9-17-12(19)7-10(8-16-17)14-6-4-13/h7-8,14H,2-6,9,13H2,1H3,(H,15,18). The van der Waals surface area contributed by atoms with Crippen molar-refractivity contribution in [3.63, 3.8) is 0 Å². The zero-order valence-electron chi connectivity index (χ0n) is 11.2. The predicted molar refractivity (Wildman–Crippen MR) is 74.0 cm³/mol. The summed E-state index contributed by atoms with van der Waals surface area (Å²) in [6.45, 7) is 3.66. The third-order valence-corrected chi connectivity index (χ3v) is 2.49. The van der Waals surface area contributed by atoms with Gasteiger partial charge >= 0.3 is 0 Å². The maximum atomic E-state index is 11.7. The van der Waals surface area contributed by atoms with Crippen LogP contribution in [-0.2, 0) is 11.3 Å². The van der Waals surface area contributed by atoms with Crippen LogP contribution in [-0.4, -0.2) is 35.3 Å². The molecule has 19 heavy (non-hydrogen) atoms. The highest BCUT2D eigenvalue weighted by atomic mass is 16.2. The number of unbranched alkanes of at least 4 members (excludes halogenated alkanes) is 1. The molecule has 0 aliphatic heterocycles. The lowest BCUT2D eigenvalue weighted by Crippen LogP contribution is -2.34. The van der Waals surface area contributed by atoms with E-state index in [2.05, 4.69) is 15.7 Å². The van der Waals surface area contributed by atoms with E-state index in [0.717, 1.165) is 17.5 Å². The number of carbonyl (C=O) groups excluding carboxylic acids is 1. The average Bonchev–Trinajstić information content (AvgIpc) is 2.39. The topological polar surface area (TPSA) is 102 Å². The van der Waals surface area contributed by atoms with Crippen LogP contribution in [0.15, 0.2) is 17.1 Å². The minimum atomic E-state index is -0.312. The zero-order valence-corrected chi connectivity index (χ0v) is 11.2. The molecule has 0 fully saturated rings. The lowest BCUT2D eigenvalue weighted by molar-refractivity contribution is -0.121. The van der Waals surface area contributed by atoms with Crippen LogP contribution in [0.1, 0.15) is 19.8 Å². The highest BCUT2D eigenvalue weighted by molar-refractivity contribution is 5.75. The Bertz CT molecular complexity index is 458. The van der Waals surface area contributed by atoms with E-state index in [4.69, 9.17) is 5.73 Å². The second kappa shape index (κ2) is 8.25. The molecule has 0 aliphatic carbocycles. The lowest BCUT2D eigenvalue weighted by atomic mass is 10.3. The smallest absolute Gasteiger partial charge is 0.269 e. The first-order valence-corrected chi connectivity index (χ1v) is 6.45. The molecule has 0 saturated heterocycles. The van der Waals surface area contributed by atoms with Crippen LogP contribution >= 0.6 is 0 Å². The first-order valence-electron chi connectivity index (χ1n) is 6.45. The number of rotatable bonds is 8. The molecule has 0 atom stereocenters. The van der Waals surface area contributed by atoms with Gasteiger partial charge in [0.15, 0.2) is 0 Å². The molecule has 0 aromatic carbocycles. The minimum Gasteiger partial charge on any atom is -0.382 e. The van der Waals surface area contributed by atoms with Crippen molar-refractivity contribution in [3.05, 3.63) is 22.6 Å². The van der Waals surface area contributed by atoms with Gasteiger partial charge in [0, 0.05) is 25.7 Å². The maximum absolute atomic E-state index is 11.7. The summed E-state index contributed by atoms with van der Waals surface area (Å²) in [5.74, 6) is -0.203. The van der Waals surface area contributed by atoms with Gasteiger partial charge in [0.2, 0.25) is 5.91 Å². The van der Waals surface area contributed by atoms with Gasteiger partial charge in [0.1, 0.15) is 6.54 Å². The molecular weight excluding hydrogens is 246 g/mol. The number of hydrogen-bond acceptors (Lipinski definition) is 5. The van der Waals surface area contributed by atoms with Crippen LogP contribution in [0, 0.1) is 0 Å². The van der Waals surface area contributed by atoms with Gasteiger partial charge < -0.3 is 16.4 Å². The van der Waals surface area contributed by atoms with Gasteiger partial charge in [0.05, 0.1) is 11.9 Å². The summed E-state index contributed by atoms with van der Waals surface area (Å²) in [7, 11) is 0. The second-order valence-corrected chi connectivity index (χ2v) is 4.16. The number of nitrogens with one attached hydrogen (secondary N) is 2. The molecule has 0 bridgehead atoms. The molecule has 1 amide bonds. The Morgan fingerprint density at radius 1 is 1.47 bits per heavy atom. The van der Waals surface area contributed by atoms with Crippen molar-refractivity contribution in [2.24, 2.45) is 5.73 Å². The molecular formula is C12H21N5O2. The predicted octanol–water partition coefficient (Wildman–Crippen LogP) is -0.470. The Balaban J connectivity index is 2.54. The highest BCUT2D eigenvalue weighted by Crippen LogP contribution is 1.97. The van der Waals surface area contributed by atoms with E-state index in [1.54, 1.807) is 0 Å². The van der Waals surface area contributed by atoms with Crippen molar-refractivity contribution >= 4 is 11.6 Å². The second-order valence-electron chi connectivity index (χ2n) is 4.16. The van der Waals surface area contributed by atoms with Gasteiger partial charge in [-0.1, -0.05) is 13.3 Å². The first kappa shape index (κ1) is 15.2. The van der Waals surface area contributed by atoms with Gasteiger partial charge in [-0.05, 0) is 6.42 Å². The van der Waals surface area contributed by atoms with Crippen LogP contribution in [0.25, 0.3) is 0 Å². The summed E-state index contributed by atoms with van der Waals surface area (Å²) < 4.78 is 1.13. The monoisotopic (exact) mass is 267 g/mol. The molecule has 1 aromatic rings. The molecule has 0 radical (unpaired) electrons. The molecule has 106 valence electrons. The molecule has 7 nitrogen and oxygen atoms in total. The molecule has 0 spiro atoms. The molecule has 4 N–H and O–H groups in total. The zero-order chi connectivity index (χ0) is 14.1. The summed E-state index contributed by atoms with van der Waals surface area (Å²) in [5.41, 5.74) is 5.65. The van der Waals surface area contributed by atoms with E-state index < -0.39 is 0 Å². The van der Waals surface area contributed by atoms with Crippen LogP contribution in [0.4, 0.5) is 5.69 Å². The van der Waals surface area contributed by atoms with E-state index >= 15 is 0 Å². The number of carbonyl (C=O) groups is 1. The van der Waals surface area contributed by atoms with Crippen molar-refractivity contribution in [3.8, 4) is 0 Å². The average molecular weight is 267 g/mol. The first-order chi connectivity index (χ1) is 9.17. The van der Waals surface area contributed by atoms with Crippen LogP contribution in [0.2, 0.25) is 0 Å². The molecule has 1 heterocycles. The number of aromatic nitrogens is 2. The summed E-state index contributed by atoms with van der Waals surface area (Å²) >= 11 is 0. The van der Waals surface area contributed by atoms with Crippen molar-refractivity contribution < 1.29 is 4.79 Å². The van der Waals surface area contributed by atoms with E-state index in [-0.39, 0.29) is 18.0 Å².